The van der Waals surface area contributed by atoms with Crippen LogP contribution in [0.25, 0.3) is 22.3 Å². The molecule has 2 amide bonds. The van der Waals surface area contributed by atoms with Crippen molar-refractivity contribution in [2.75, 3.05) is 26.3 Å². The van der Waals surface area contributed by atoms with E-state index in [0.717, 1.165) is 12.8 Å². The van der Waals surface area contributed by atoms with Crippen LogP contribution in [0.4, 0.5) is 8.78 Å². The lowest BCUT2D eigenvalue weighted by atomic mass is 10.0. The molecule has 3 aromatic rings. The van der Waals surface area contributed by atoms with E-state index in [1.165, 1.54) is 11.2 Å². The van der Waals surface area contributed by atoms with Crippen LogP contribution in [0.1, 0.15) is 40.9 Å². The summed E-state index contributed by atoms with van der Waals surface area (Å²) in [5.74, 6) is -0.696. The molecule has 37 heavy (non-hydrogen) atoms. The van der Waals surface area contributed by atoms with Crippen molar-refractivity contribution in [2.45, 2.75) is 45.3 Å². The number of likely N-dealkylation sites (tertiary alicyclic amines) is 1. The van der Waals surface area contributed by atoms with Crippen LogP contribution in [0.15, 0.2) is 18.5 Å². The average molecular weight is 514 g/mol. The molecule has 2 aliphatic rings. The SMILES string of the molecule is Cc1ccc(OCC2CC2)c(-c2ncnc3c(C(=O)N[C@H]4CCN(C(=O)CO)C[C@@H]4F)c(C)[nH]c23)c1F. The molecule has 1 saturated heterocycles. The van der Waals surface area contributed by atoms with Crippen LogP contribution in [-0.4, -0.2) is 75.3 Å². The van der Waals surface area contributed by atoms with Crippen LogP contribution in [0.3, 0.4) is 0 Å². The first-order chi connectivity index (χ1) is 17.8. The van der Waals surface area contributed by atoms with Gasteiger partial charge in [0.2, 0.25) is 5.91 Å². The van der Waals surface area contributed by atoms with Gasteiger partial charge in [0.05, 0.1) is 35.8 Å². The Morgan fingerprint density at radius 2 is 2.03 bits per heavy atom. The van der Waals surface area contributed by atoms with Crippen LogP contribution in [0.5, 0.6) is 5.75 Å². The highest BCUT2D eigenvalue weighted by molar-refractivity contribution is 6.09. The number of ether oxygens (including phenoxy) is 1. The Labute approximate surface area is 212 Å². The zero-order valence-electron chi connectivity index (χ0n) is 20.7. The van der Waals surface area contributed by atoms with E-state index in [-0.39, 0.29) is 41.8 Å². The maximum Gasteiger partial charge on any atom is 0.255 e. The molecule has 3 heterocycles. The minimum absolute atomic E-state index is 0.200. The fraction of sp³-hybridized carbons (Fsp3) is 0.462. The van der Waals surface area contributed by atoms with Crippen LogP contribution in [0.2, 0.25) is 0 Å². The number of hydrogen-bond acceptors (Lipinski definition) is 6. The van der Waals surface area contributed by atoms with Crippen molar-refractivity contribution in [1.29, 1.82) is 0 Å². The lowest BCUT2D eigenvalue weighted by molar-refractivity contribution is -0.136. The van der Waals surface area contributed by atoms with E-state index < -0.39 is 36.5 Å². The highest BCUT2D eigenvalue weighted by atomic mass is 19.1. The Balaban J connectivity index is 1.45. The molecule has 3 N–H and O–H groups in total. The molecule has 0 spiro atoms. The number of amides is 2. The number of benzene rings is 1. The third-order valence-electron chi connectivity index (χ3n) is 7.05. The van der Waals surface area contributed by atoms with Crippen LogP contribution < -0.4 is 10.1 Å². The zero-order valence-corrected chi connectivity index (χ0v) is 20.7. The molecule has 0 bridgehead atoms. The van der Waals surface area contributed by atoms with Gasteiger partial charge in [0.25, 0.3) is 5.91 Å². The van der Waals surface area contributed by atoms with E-state index in [1.807, 2.05) is 0 Å². The number of fused-ring (bicyclic) bond motifs is 1. The number of carbonyl (C=O) groups is 2. The molecule has 2 fully saturated rings. The normalized spacial score (nSPS) is 19.8. The number of H-pyrrole nitrogens is 1. The molecule has 5 rings (SSSR count). The Morgan fingerprint density at radius 3 is 2.73 bits per heavy atom. The lowest BCUT2D eigenvalue weighted by Crippen LogP contribution is -2.54. The molecule has 2 atom stereocenters. The van der Waals surface area contributed by atoms with Gasteiger partial charge >= 0.3 is 0 Å². The van der Waals surface area contributed by atoms with E-state index in [4.69, 9.17) is 9.84 Å². The molecular formula is C26H29F2N5O4. The molecule has 0 radical (unpaired) electrons. The first-order valence-corrected chi connectivity index (χ1v) is 12.4. The van der Waals surface area contributed by atoms with E-state index in [2.05, 4.69) is 20.3 Å². The minimum Gasteiger partial charge on any atom is -0.492 e. The van der Waals surface area contributed by atoms with Crippen molar-refractivity contribution in [1.82, 2.24) is 25.2 Å². The summed E-state index contributed by atoms with van der Waals surface area (Å²) in [4.78, 5) is 37.9. The first-order valence-electron chi connectivity index (χ1n) is 12.4. The summed E-state index contributed by atoms with van der Waals surface area (Å²) < 4.78 is 36.2. The average Bonchev–Trinajstić information content (AvgIpc) is 3.65. The van der Waals surface area contributed by atoms with Crippen molar-refractivity contribution < 1.29 is 28.2 Å². The van der Waals surface area contributed by atoms with Crippen molar-refractivity contribution in [3.8, 4) is 17.0 Å². The predicted molar refractivity (Wildman–Crippen MR) is 131 cm³/mol. The fourth-order valence-electron chi connectivity index (χ4n) is 4.72. The summed E-state index contributed by atoms with van der Waals surface area (Å²) in [5.41, 5.74) is 2.27. The van der Waals surface area contributed by atoms with Crippen LogP contribution >= 0.6 is 0 Å². The van der Waals surface area contributed by atoms with Crippen LogP contribution in [0, 0.1) is 25.6 Å². The van der Waals surface area contributed by atoms with Crippen molar-refractivity contribution in [3.05, 3.63) is 41.1 Å². The molecule has 1 aliphatic carbocycles. The summed E-state index contributed by atoms with van der Waals surface area (Å²) in [6, 6.07) is 2.57. The quantitative estimate of drug-likeness (QED) is 0.447. The first kappa shape index (κ1) is 25.1. The van der Waals surface area contributed by atoms with Gasteiger partial charge in [-0.25, -0.2) is 18.7 Å². The number of nitrogens with zero attached hydrogens (tertiary/aromatic N) is 3. The number of nitrogens with one attached hydrogen (secondary N) is 2. The second-order valence-electron chi connectivity index (χ2n) is 9.78. The molecule has 11 heteroatoms. The third kappa shape index (κ3) is 4.87. The Kier molecular flexibility index (Phi) is 6.80. The number of aromatic amines is 1. The maximum atomic E-state index is 15.4. The van der Waals surface area contributed by atoms with E-state index in [1.54, 1.807) is 26.0 Å². The second-order valence-corrected chi connectivity index (χ2v) is 9.78. The van der Waals surface area contributed by atoms with E-state index >= 15 is 4.39 Å². The molecule has 2 aromatic heterocycles. The Hall–Kier alpha value is -3.60. The van der Waals surface area contributed by atoms with E-state index in [0.29, 0.717) is 35.0 Å². The summed E-state index contributed by atoms with van der Waals surface area (Å²) in [5, 5.41) is 11.7. The maximum absolute atomic E-state index is 15.4. The molecule has 1 aromatic carbocycles. The molecule has 9 nitrogen and oxygen atoms in total. The largest absolute Gasteiger partial charge is 0.492 e. The fourth-order valence-corrected chi connectivity index (χ4v) is 4.72. The van der Waals surface area contributed by atoms with Crippen molar-refractivity contribution >= 4 is 22.8 Å². The second kappa shape index (κ2) is 10.0. The number of piperidine rings is 1. The van der Waals surface area contributed by atoms with Crippen molar-refractivity contribution in [2.24, 2.45) is 5.92 Å². The monoisotopic (exact) mass is 513 g/mol. The van der Waals surface area contributed by atoms with Crippen molar-refractivity contribution in [3.63, 3.8) is 0 Å². The Morgan fingerprint density at radius 1 is 1.24 bits per heavy atom. The highest BCUT2D eigenvalue weighted by Crippen LogP contribution is 2.39. The van der Waals surface area contributed by atoms with Gasteiger partial charge in [0, 0.05) is 12.2 Å². The predicted octanol–water partition coefficient (Wildman–Crippen LogP) is 2.83. The van der Waals surface area contributed by atoms with E-state index in [9.17, 15) is 14.0 Å². The molecule has 1 aliphatic heterocycles. The van der Waals surface area contributed by atoms with Gasteiger partial charge in [-0.3, -0.25) is 9.59 Å². The Bertz CT molecular complexity index is 1360. The van der Waals surface area contributed by atoms with Gasteiger partial charge in [-0.2, -0.15) is 0 Å². The number of aromatic nitrogens is 3. The number of halogens is 2. The molecule has 196 valence electrons. The number of carbonyl (C=O) groups excluding carboxylic acids is 2. The number of alkyl halides is 1. The topological polar surface area (TPSA) is 120 Å². The smallest absolute Gasteiger partial charge is 0.255 e. The zero-order chi connectivity index (χ0) is 26.3. The van der Waals surface area contributed by atoms with Gasteiger partial charge in [-0.1, -0.05) is 6.07 Å². The summed E-state index contributed by atoms with van der Waals surface area (Å²) in [6.07, 6.45) is 2.16. The molecule has 0 unspecified atom stereocenters. The van der Waals surface area contributed by atoms with Gasteiger partial charge < -0.3 is 25.0 Å². The number of aliphatic hydroxyl groups is 1. The van der Waals surface area contributed by atoms with Gasteiger partial charge in [0.15, 0.2) is 0 Å². The highest BCUT2D eigenvalue weighted by Gasteiger charge is 2.34. The third-order valence-corrected chi connectivity index (χ3v) is 7.05. The molecule has 1 saturated carbocycles. The van der Waals surface area contributed by atoms with Crippen LogP contribution in [-0.2, 0) is 4.79 Å². The standard InChI is InChI=1S/C26H29F2N5O4/c1-13-3-6-18(37-11-15-4-5-15)21(22(13)28)24-25-23(29-12-30-24)20(14(2)31-25)26(36)32-17-7-8-33(9-16(17)27)19(35)10-34/h3,6,12,15-17,31,34H,4-5,7-11H2,1-2H3,(H,32,36)/t16-,17-/m0/s1. The number of rotatable bonds is 7. The minimum atomic E-state index is -1.49. The number of hydrogen-bond donors (Lipinski definition) is 3. The van der Waals surface area contributed by atoms with Gasteiger partial charge in [0.1, 0.15) is 41.9 Å². The number of aliphatic hydroxyl groups excluding tert-OH is 1. The summed E-state index contributed by atoms with van der Waals surface area (Å²) in [6.45, 7) is 3.17. The van der Waals surface area contributed by atoms with Gasteiger partial charge in [-0.15, -0.1) is 0 Å². The molecular weight excluding hydrogens is 484 g/mol. The number of aryl methyl sites for hydroxylation is 2. The van der Waals surface area contributed by atoms with Gasteiger partial charge in [-0.05, 0) is 50.7 Å². The summed E-state index contributed by atoms with van der Waals surface area (Å²) >= 11 is 0. The lowest BCUT2D eigenvalue weighted by Gasteiger charge is -2.34. The summed E-state index contributed by atoms with van der Waals surface area (Å²) in [7, 11) is 0.